The largest absolute Gasteiger partial charge is 0.471 e. The van der Waals surface area contributed by atoms with E-state index >= 15 is 8.78 Å². The molecule has 0 fully saturated rings. The topological polar surface area (TPSA) is 216 Å². The number of hydrogen-bond donors (Lipinski definition) is 3. The minimum absolute atomic E-state index is 0.0208. The number of halogens is 11. The van der Waals surface area contributed by atoms with Crippen LogP contribution in [0.3, 0.4) is 0 Å². The van der Waals surface area contributed by atoms with Crippen LogP contribution in [-0.4, -0.2) is 87.2 Å². The number of carbonyl (C=O) groups is 1. The van der Waals surface area contributed by atoms with E-state index in [0.29, 0.717) is 12.3 Å². The average molecular weight is 1090 g/mol. The van der Waals surface area contributed by atoms with Crippen LogP contribution in [0.2, 0.25) is 5.02 Å². The fraction of sp³-hybridized carbons (Fsp3) is 0.415. The van der Waals surface area contributed by atoms with Crippen LogP contribution in [0.15, 0.2) is 42.5 Å². The monoisotopic (exact) mass is 1090 g/mol. The van der Waals surface area contributed by atoms with Crippen LogP contribution in [0.4, 0.5) is 49.7 Å². The van der Waals surface area contributed by atoms with E-state index in [2.05, 4.69) is 36.9 Å². The van der Waals surface area contributed by atoms with Gasteiger partial charge < -0.3 is 15.1 Å². The van der Waals surface area contributed by atoms with Crippen LogP contribution < -0.4 is 9.62 Å². The Bertz CT molecular complexity index is 3310. The van der Waals surface area contributed by atoms with Crippen LogP contribution in [-0.2, 0) is 71.8 Å². The molecule has 2 aliphatic carbocycles. The first-order chi connectivity index (χ1) is 32.5. The zero-order valence-corrected chi connectivity index (χ0v) is 40.2. The molecule has 7 rings (SSSR count). The molecule has 2 aliphatic rings. The van der Waals surface area contributed by atoms with Crippen molar-refractivity contribution in [2.24, 2.45) is 5.92 Å². The van der Waals surface area contributed by atoms with Gasteiger partial charge in [0, 0.05) is 34.7 Å². The van der Waals surface area contributed by atoms with E-state index in [1.807, 2.05) is 0 Å². The summed E-state index contributed by atoms with van der Waals surface area (Å²) < 4.78 is 214. The Balaban J connectivity index is 1.46. The molecule has 0 spiro atoms. The number of benzene rings is 2. The second-order valence-electron chi connectivity index (χ2n) is 17.3. The lowest BCUT2D eigenvalue weighted by atomic mass is 9.84. The summed E-state index contributed by atoms with van der Waals surface area (Å²) in [6, 6.07) is 4.94. The molecule has 3 atom stereocenters. The summed E-state index contributed by atoms with van der Waals surface area (Å²) in [4.78, 5) is 37.6. The highest BCUT2D eigenvalue weighted by atomic mass is 35.5. The van der Waals surface area contributed by atoms with Crippen molar-refractivity contribution < 1.29 is 84.4 Å². The van der Waals surface area contributed by atoms with Crippen LogP contribution in [0.1, 0.15) is 66.1 Å². The van der Waals surface area contributed by atoms with Gasteiger partial charge in [0.25, 0.3) is 0 Å². The molecular formula is C41H37ClF10N7O9PS2. The minimum atomic E-state index is -5.48. The van der Waals surface area contributed by atoms with Crippen molar-refractivity contribution in [3.8, 4) is 23.0 Å². The van der Waals surface area contributed by atoms with Crippen LogP contribution >= 0.6 is 19.4 Å². The van der Waals surface area contributed by atoms with Gasteiger partial charge in [-0.25, -0.2) is 34.5 Å². The molecule has 0 unspecified atom stereocenters. The zero-order chi connectivity index (χ0) is 52.8. The molecule has 30 heteroatoms. The number of aromatic nitrogens is 5. The van der Waals surface area contributed by atoms with Gasteiger partial charge in [-0.15, -0.1) is 0 Å². The van der Waals surface area contributed by atoms with Crippen molar-refractivity contribution in [1.29, 1.82) is 0 Å². The standard InChI is InChI=1S/C41H37ClF10N7O9PS2/c1-38(2,70(3,64)65)12-11-23-5-6-24(25-8-10-28(42)32-34(25)58(18-39(45,46)47)56-37(32)59(71(4,66)67)19-68-69(61,62)63)33(53-23)29(15-20-13-21(43)16-22(44)14-20)54-30(60)17-57-36-31(35(55-57)41(50,51)52)26-7-9-27(26)40(36,48)49/h5-6,8,10,13-14,16,26-27,29H,11-12,15,17-19H2,1-4H3,(H,54,60)(H2,61,62,63)/t26-,27+,29-/m0/s1. The highest BCUT2D eigenvalue weighted by Gasteiger charge is 2.62. The SMILES string of the molecule is CC(C)(CCc1ccc(-c2ccc(Cl)c3c(N(COP(=O)(O)O)S(C)(=O)=O)nn(CC(F)(F)F)c23)c([C@H](Cc2cc(F)cc(F)c2)NC(=O)Cn2nc(C(F)(F)F)c3c2C(F)(F)[C@@H]2C#C[C@H]32)n1)S(C)(=O)=O. The van der Waals surface area contributed by atoms with Gasteiger partial charge in [0.05, 0.1) is 44.6 Å². The molecule has 3 heterocycles. The van der Waals surface area contributed by atoms with Gasteiger partial charge in [-0.05, 0) is 62.9 Å². The average Bonchev–Trinajstić information content (AvgIpc) is 3.77. The molecule has 0 aliphatic heterocycles. The smallest absolute Gasteiger partial charge is 0.346 e. The number of carbonyl (C=O) groups excluding carboxylic acids is 1. The van der Waals surface area contributed by atoms with Crippen molar-refractivity contribution in [3.63, 3.8) is 0 Å². The van der Waals surface area contributed by atoms with E-state index in [-0.39, 0.29) is 48.9 Å². The number of phosphoric acid groups is 1. The van der Waals surface area contributed by atoms with Gasteiger partial charge in [-0.3, -0.25) is 23.7 Å². The summed E-state index contributed by atoms with van der Waals surface area (Å²) in [7, 11) is -14.0. The van der Waals surface area contributed by atoms with Gasteiger partial charge >= 0.3 is 26.1 Å². The molecule has 1 amide bonds. The summed E-state index contributed by atoms with van der Waals surface area (Å²) in [5, 5.41) is 8.53. The van der Waals surface area contributed by atoms with E-state index in [4.69, 9.17) is 11.6 Å². The normalized spacial score (nSPS) is 17.3. The molecule has 2 aromatic carbocycles. The molecule has 384 valence electrons. The first kappa shape index (κ1) is 53.5. The van der Waals surface area contributed by atoms with Crippen molar-refractivity contribution in [2.75, 3.05) is 23.5 Å². The third kappa shape index (κ3) is 11.1. The summed E-state index contributed by atoms with van der Waals surface area (Å²) in [5.41, 5.74) is -5.86. The molecule has 0 saturated heterocycles. The highest BCUT2D eigenvalue weighted by Crippen LogP contribution is 2.58. The van der Waals surface area contributed by atoms with Gasteiger partial charge in [-0.2, -0.15) is 45.3 Å². The maximum atomic E-state index is 15.7. The van der Waals surface area contributed by atoms with Gasteiger partial charge in [0.1, 0.15) is 43.1 Å². The predicted octanol–water partition coefficient (Wildman–Crippen LogP) is 7.32. The van der Waals surface area contributed by atoms with E-state index in [9.17, 15) is 71.1 Å². The highest BCUT2D eigenvalue weighted by molar-refractivity contribution is 7.92. The van der Waals surface area contributed by atoms with Crippen LogP contribution in [0.5, 0.6) is 0 Å². The number of amides is 1. The number of phosphoric ester groups is 1. The van der Waals surface area contributed by atoms with E-state index in [0.717, 1.165) is 30.5 Å². The van der Waals surface area contributed by atoms with E-state index in [1.54, 1.807) is 0 Å². The number of anilines is 1. The van der Waals surface area contributed by atoms with E-state index in [1.165, 1.54) is 26.0 Å². The minimum Gasteiger partial charge on any atom is -0.346 e. The van der Waals surface area contributed by atoms with Crippen molar-refractivity contribution in [3.05, 3.63) is 93.0 Å². The number of hydrogen-bond acceptors (Lipinski definition) is 10. The Morgan fingerprint density at radius 3 is 2.15 bits per heavy atom. The molecule has 3 N–H and O–H groups in total. The fourth-order valence-electron chi connectivity index (χ4n) is 8.08. The van der Waals surface area contributed by atoms with Crippen LogP contribution in [0.25, 0.3) is 22.0 Å². The number of nitrogens with one attached hydrogen (secondary N) is 1. The quantitative estimate of drug-likeness (QED) is 0.0362. The maximum absolute atomic E-state index is 15.7. The number of sulfonamides is 1. The van der Waals surface area contributed by atoms with Crippen molar-refractivity contribution >= 4 is 61.9 Å². The Morgan fingerprint density at radius 2 is 1.61 bits per heavy atom. The zero-order valence-electron chi connectivity index (χ0n) is 36.9. The number of aryl methyl sites for hydroxylation is 1. The Labute approximate surface area is 401 Å². The van der Waals surface area contributed by atoms with Crippen molar-refractivity contribution in [1.82, 2.24) is 29.9 Å². The first-order valence-electron chi connectivity index (χ1n) is 20.4. The summed E-state index contributed by atoms with van der Waals surface area (Å²) >= 11 is 6.55. The lowest BCUT2D eigenvalue weighted by molar-refractivity contribution is -0.143. The number of alkyl halides is 8. The summed E-state index contributed by atoms with van der Waals surface area (Å²) in [5.74, 6) is -7.67. The molecule has 16 nitrogen and oxygen atoms in total. The molecule has 71 heavy (non-hydrogen) atoms. The Hall–Kier alpha value is -5.30. The molecule has 0 saturated carbocycles. The molecule has 5 aromatic rings. The predicted molar refractivity (Wildman–Crippen MR) is 233 cm³/mol. The first-order valence-corrected chi connectivity index (χ1v) is 26.1. The lowest BCUT2D eigenvalue weighted by Gasteiger charge is -2.25. The fourth-order valence-corrected chi connectivity index (χ4v) is 9.82. The second kappa shape index (κ2) is 18.3. The number of nitrogens with zero attached hydrogens (tertiary/aromatic N) is 6. The third-order valence-corrected chi connectivity index (χ3v) is 15.8. The molecular weight excluding hydrogens is 1060 g/mol. The molecule has 0 bridgehead atoms. The number of pyridine rings is 1. The summed E-state index contributed by atoms with van der Waals surface area (Å²) in [6.45, 7) is -2.08. The van der Waals surface area contributed by atoms with Gasteiger partial charge in [0.2, 0.25) is 15.9 Å². The van der Waals surface area contributed by atoms with Gasteiger partial charge in [-0.1, -0.05) is 35.6 Å². The Kier molecular flexibility index (Phi) is 13.8. The van der Waals surface area contributed by atoms with Gasteiger partial charge in [0.15, 0.2) is 21.3 Å². The maximum Gasteiger partial charge on any atom is 0.471 e. The Morgan fingerprint density at radius 1 is 0.972 bits per heavy atom. The second-order valence-corrected chi connectivity index (χ2v) is 23.5. The third-order valence-electron chi connectivity index (χ3n) is 11.7. The number of fused-ring (bicyclic) bond motifs is 4. The lowest BCUT2D eigenvalue weighted by Crippen LogP contribution is -2.36. The number of sulfone groups is 1. The van der Waals surface area contributed by atoms with Crippen LogP contribution in [0, 0.1) is 29.4 Å². The summed E-state index contributed by atoms with van der Waals surface area (Å²) in [6.07, 6.45) is -10.0. The molecule has 3 aromatic heterocycles. The van der Waals surface area contributed by atoms with E-state index < -0.39 is 157 Å². The van der Waals surface area contributed by atoms with Crippen molar-refractivity contribution in [2.45, 2.75) is 81.2 Å². The number of rotatable bonds is 17. The molecule has 0 radical (unpaired) electrons.